The third kappa shape index (κ3) is 9.56. The number of carbonyl (C=O) groups is 6. The molecule has 4 amide bonds. The second-order valence-corrected chi connectivity index (χ2v) is 7.11. The highest BCUT2D eigenvalue weighted by atomic mass is 32.1. The number of thiol groups is 1. The summed E-state index contributed by atoms with van der Waals surface area (Å²) in [5, 5.41) is 24.6. The molecule has 0 saturated heterocycles. The van der Waals surface area contributed by atoms with E-state index in [-0.39, 0.29) is 5.75 Å². The zero-order chi connectivity index (χ0) is 23.6. The lowest BCUT2D eigenvalue weighted by Gasteiger charge is -2.26. The Morgan fingerprint density at radius 3 is 1.80 bits per heavy atom. The summed E-state index contributed by atoms with van der Waals surface area (Å²) in [5.74, 6) is -7.16. The topological polar surface area (TPSA) is 231 Å². The largest absolute Gasteiger partial charge is 0.481 e. The molecule has 13 nitrogen and oxygen atoms in total. The molecule has 0 rings (SSSR count). The number of carboxylic acid groups (broad SMARTS) is 2. The number of primary amides is 1. The van der Waals surface area contributed by atoms with Crippen LogP contribution in [0.1, 0.15) is 26.7 Å². The molecule has 0 aromatic carbocycles. The minimum Gasteiger partial charge on any atom is -0.481 e. The predicted octanol–water partition coefficient (Wildman–Crippen LogP) is -3.21. The van der Waals surface area contributed by atoms with Crippen LogP contribution in [0.15, 0.2) is 0 Å². The van der Waals surface area contributed by atoms with E-state index >= 15 is 0 Å². The fourth-order valence-electron chi connectivity index (χ4n) is 2.21. The van der Waals surface area contributed by atoms with E-state index in [1.165, 1.54) is 0 Å². The molecule has 14 heteroatoms. The van der Waals surface area contributed by atoms with Gasteiger partial charge in [0.25, 0.3) is 0 Å². The molecule has 170 valence electrons. The van der Waals surface area contributed by atoms with Crippen molar-refractivity contribution in [2.75, 3.05) is 5.75 Å². The Bertz CT molecular complexity index is 687. The first kappa shape index (κ1) is 27.1. The number of carboxylic acids is 2. The second-order valence-electron chi connectivity index (χ2n) is 6.75. The Balaban J connectivity index is 5.38. The number of nitrogens with two attached hydrogens (primary N) is 2. The van der Waals surface area contributed by atoms with Gasteiger partial charge in [0, 0.05) is 5.75 Å². The highest BCUT2D eigenvalue weighted by Crippen LogP contribution is 2.05. The van der Waals surface area contributed by atoms with Gasteiger partial charge in [-0.2, -0.15) is 12.6 Å². The van der Waals surface area contributed by atoms with Gasteiger partial charge < -0.3 is 37.6 Å². The van der Waals surface area contributed by atoms with Gasteiger partial charge >= 0.3 is 11.9 Å². The van der Waals surface area contributed by atoms with Gasteiger partial charge in [-0.25, -0.2) is 4.79 Å². The molecule has 9 N–H and O–H groups in total. The molecular formula is C16H27N5O8S. The van der Waals surface area contributed by atoms with Crippen molar-refractivity contribution in [3.63, 3.8) is 0 Å². The van der Waals surface area contributed by atoms with Crippen molar-refractivity contribution < 1.29 is 39.0 Å². The second kappa shape index (κ2) is 12.6. The molecule has 0 heterocycles. The van der Waals surface area contributed by atoms with E-state index in [1.807, 2.05) is 0 Å². The number of nitrogens with one attached hydrogen (secondary N) is 3. The van der Waals surface area contributed by atoms with Crippen LogP contribution in [0.3, 0.4) is 0 Å². The Hall–Kier alpha value is -2.87. The number of rotatable bonds is 13. The van der Waals surface area contributed by atoms with E-state index < -0.39 is 78.5 Å². The van der Waals surface area contributed by atoms with Gasteiger partial charge in [-0.1, -0.05) is 13.8 Å². The minimum atomic E-state index is -1.61. The summed E-state index contributed by atoms with van der Waals surface area (Å²) in [4.78, 5) is 69.9. The molecular weight excluding hydrogens is 422 g/mol. The summed E-state index contributed by atoms with van der Waals surface area (Å²) >= 11 is 3.83. The van der Waals surface area contributed by atoms with Crippen LogP contribution in [0.5, 0.6) is 0 Å². The molecule has 0 aliphatic carbocycles. The van der Waals surface area contributed by atoms with Crippen molar-refractivity contribution in [2.24, 2.45) is 17.4 Å². The number of carbonyl (C=O) groups excluding carboxylic acids is 4. The number of amides is 4. The van der Waals surface area contributed by atoms with Crippen molar-refractivity contribution in [2.45, 2.75) is 50.9 Å². The fraction of sp³-hybridized carbons (Fsp3) is 0.625. The van der Waals surface area contributed by atoms with Crippen molar-refractivity contribution in [1.82, 2.24) is 16.0 Å². The van der Waals surface area contributed by atoms with Gasteiger partial charge in [-0.05, 0) is 5.92 Å². The summed E-state index contributed by atoms with van der Waals surface area (Å²) in [6, 6.07) is -5.54. The van der Waals surface area contributed by atoms with Crippen LogP contribution in [-0.2, 0) is 28.8 Å². The summed E-state index contributed by atoms with van der Waals surface area (Å²) in [6.07, 6.45) is -1.35. The van der Waals surface area contributed by atoms with Crippen LogP contribution in [0.4, 0.5) is 0 Å². The molecule has 0 aliphatic rings. The third-order valence-corrected chi connectivity index (χ3v) is 4.18. The first-order valence-electron chi connectivity index (χ1n) is 8.80. The normalized spacial score (nSPS) is 14.7. The Labute approximate surface area is 177 Å². The molecule has 0 aliphatic heterocycles. The third-order valence-electron chi connectivity index (χ3n) is 3.81. The zero-order valence-corrected chi connectivity index (χ0v) is 17.3. The van der Waals surface area contributed by atoms with E-state index in [0.717, 1.165) is 0 Å². The molecule has 0 aromatic rings. The maximum atomic E-state index is 12.5. The molecule has 4 atom stereocenters. The van der Waals surface area contributed by atoms with E-state index in [4.69, 9.17) is 21.7 Å². The lowest BCUT2D eigenvalue weighted by atomic mass is 10.0. The van der Waals surface area contributed by atoms with Crippen LogP contribution in [0.2, 0.25) is 0 Å². The molecule has 4 unspecified atom stereocenters. The van der Waals surface area contributed by atoms with Gasteiger partial charge in [-0.3, -0.25) is 24.0 Å². The van der Waals surface area contributed by atoms with E-state index in [1.54, 1.807) is 13.8 Å². The van der Waals surface area contributed by atoms with Gasteiger partial charge in [0.05, 0.1) is 18.9 Å². The number of hydrogen-bond acceptors (Lipinski definition) is 8. The van der Waals surface area contributed by atoms with Gasteiger partial charge in [0.15, 0.2) is 0 Å². The monoisotopic (exact) mass is 449 g/mol. The Morgan fingerprint density at radius 1 is 0.867 bits per heavy atom. The number of hydrogen-bond donors (Lipinski definition) is 8. The first-order valence-corrected chi connectivity index (χ1v) is 9.43. The maximum absolute atomic E-state index is 12.5. The summed E-state index contributed by atoms with van der Waals surface area (Å²) in [6.45, 7) is 3.13. The average molecular weight is 449 g/mol. The SMILES string of the molecule is CC(C)C(NC(=O)C(CC(=O)O)NC(=O)C(N)CC(N)=O)C(=O)NC(CS)C(=O)O. The highest BCUT2D eigenvalue weighted by Gasteiger charge is 2.32. The smallest absolute Gasteiger partial charge is 0.327 e. The van der Waals surface area contributed by atoms with E-state index in [0.29, 0.717) is 0 Å². The quantitative estimate of drug-likeness (QED) is 0.132. The van der Waals surface area contributed by atoms with Crippen LogP contribution in [-0.4, -0.2) is 75.7 Å². The highest BCUT2D eigenvalue weighted by molar-refractivity contribution is 7.80. The first-order chi connectivity index (χ1) is 13.8. The van der Waals surface area contributed by atoms with Crippen LogP contribution < -0.4 is 27.4 Å². The molecule has 0 spiro atoms. The van der Waals surface area contributed by atoms with Crippen molar-refractivity contribution in [3.8, 4) is 0 Å². The van der Waals surface area contributed by atoms with Crippen LogP contribution >= 0.6 is 12.6 Å². The van der Waals surface area contributed by atoms with Crippen molar-refractivity contribution in [1.29, 1.82) is 0 Å². The van der Waals surface area contributed by atoms with Gasteiger partial charge in [0.2, 0.25) is 23.6 Å². The molecule has 30 heavy (non-hydrogen) atoms. The van der Waals surface area contributed by atoms with E-state index in [9.17, 15) is 28.8 Å². The predicted molar refractivity (Wildman–Crippen MR) is 106 cm³/mol. The average Bonchev–Trinajstić information content (AvgIpc) is 2.61. The Kier molecular flexibility index (Phi) is 11.4. The van der Waals surface area contributed by atoms with Gasteiger partial charge in [0.1, 0.15) is 18.1 Å². The molecule has 0 saturated carbocycles. The summed E-state index contributed by atoms with van der Waals surface area (Å²) < 4.78 is 0. The standard InChI is InChI=1S/C16H27N5O8S/c1-6(2)12(15(27)20-9(5-30)16(28)29)21-14(26)8(4-11(23)24)19-13(25)7(17)3-10(18)22/h6-9,12,30H,3-5,17H2,1-2H3,(H2,18,22)(H,19,25)(H,20,27)(H,21,26)(H,23,24)(H,28,29). The molecule has 0 radical (unpaired) electrons. The van der Waals surface area contributed by atoms with Crippen LogP contribution in [0.25, 0.3) is 0 Å². The van der Waals surface area contributed by atoms with Crippen LogP contribution in [0, 0.1) is 5.92 Å². The molecule has 0 aromatic heterocycles. The molecule has 0 bridgehead atoms. The minimum absolute atomic E-state index is 0.199. The summed E-state index contributed by atoms with van der Waals surface area (Å²) in [7, 11) is 0. The number of aliphatic carboxylic acids is 2. The Morgan fingerprint density at radius 2 is 1.40 bits per heavy atom. The van der Waals surface area contributed by atoms with Crippen molar-refractivity contribution in [3.05, 3.63) is 0 Å². The fourth-order valence-corrected chi connectivity index (χ4v) is 2.46. The van der Waals surface area contributed by atoms with Crippen molar-refractivity contribution >= 4 is 48.2 Å². The summed E-state index contributed by atoms with van der Waals surface area (Å²) in [5.41, 5.74) is 10.4. The lowest BCUT2D eigenvalue weighted by Crippen LogP contribution is -2.59. The maximum Gasteiger partial charge on any atom is 0.327 e. The lowest BCUT2D eigenvalue weighted by molar-refractivity contribution is -0.143. The van der Waals surface area contributed by atoms with Gasteiger partial charge in [-0.15, -0.1) is 0 Å². The van der Waals surface area contributed by atoms with E-state index in [2.05, 4.69) is 28.6 Å². The zero-order valence-electron chi connectivity index (χ0n) is 16.5. The molecule has 0 fully saturated rings.